The zero-order chi connectivity index (χ0) is 19.5. The maximum absolute atomic E-state index is 12.3. The molecule has 0 amide bonds. The van der Waals surface area contributed by atoms with E-state index in [0.717, 1.165) is 0 Å². The first-order valence-electron chi connectivity index (χ1n) is 7.81. The number of aromatic nitrogens is 1. The van der Waals surface area contributed by atoms with Crippen molar-refractivity contribution in [1.29, 1.82) is 0 Å². The molecular formula is C15H25F3N2O4S. The first-order valence-corrected chi connectivity index (χ1v) is 9.46. The summed E-state index contributed by atoms with van der Waals surface area (Å²) in [7, 11) is -3.74. The number of hydrogen-bond acceptors (Lipinski definition) is 6. The molecule has 0 aliphatic heterocycles. The van der Waals surface area contributed by atoms with Gasteiger partial charge in [-0.05, 0) is 20.3 Å². The summed E-state index contributed by atoms with van der Waals surface area (Å²) in [6, 6.07) is 1.56. The Kier molecular flexibility index (Phi) is 6.55. The molecule has 1 rings (SSSR count). The van der Waals surface area contributed by atoms with Crippen LogP contribution in [0.25, 0.3) is 0 Å². The molecule has 0 aromatic carbocycles. The number of nitrogens with one attached hydrogen (secondary N) is 1. The summed E-state index contributed by atoms with van der Waals surface area (Å²) in [5, 5.41) is 15.9. The van der Waals surface area contributed by atoms with Gasteiger partial charge in [0.25, 0.3) is 0 Å². The second-order valence-electron chi connectivity index (χ2n) is 7.27. The van der Waals surface area contributed by atoms with Gasteiger partial charge in [-0.3, -0.25) is 0 Å². The van der Waals surface area contributed by atoms with Gasteiger partial charge in [0.05, 0.1) is 22.8 Å². The van der Waals surface area contributed by atoms with E-state index in [1.54, 1.807) is 19.9 Å². The van der Waals surface area contributed by atoms with Gasteiger partial charge in [-0.2, -0.15) is 13.2 Å². The lowest BCUT2D eigenvalue weighted by molar-refractivity contribution is -0.134. The Bertz CT molecular complexity index is 667. The summed E-state index contributed by atoms with van der Waals surface area (Å²) in [5.74, 6) is -0.310. The third-order valence-corrected chi connectivity index (χ3v) is 6.66. The number of anilines is 1. The molecule has 0 aliphatic rings. The van der Waals surface area contributed by atoms with Crippen LogP contribution < -0.4 is 5.32 Å². The maximum Gasteiger partial charge on any atom is 0.389 e. The number of halogens is 3. The van der Waals surface area contributed by atoms with Crippen molar-refractivity contribution in [2.75, 3.05) is 24.2 Å². The summed E-state index contributed by atoms with van der Waals surface area (Å²) < 4.78 is 64.9. The van der Waals surface area contributed by atoms with Gasteiger partial charge in [-0.25, -0.2) is 8.42 Å². The highest BCUT2D eigenvalue weighted by atomic mass is 32.2. The number of alkyl halides is 3. The van der Waals surface area contributed by atoms with Crippen LogP contribution >= 0.6 is 0 Å². The summed E-state index contributed by atoms with van der Waals surface area (Å²) in [5.41, 5.74) is -0.105. The van der Waals surface area contributed by atoms with Crippen molar-refractivity contribution in [1.82, 2.24) is 5.16 Å². The highest BCUT2D eigenvalue weighted by Gasteiger charge is 2.36. The molecule has 1 aromatic rings. The lowest BCUT2D eigenvalue weighted by atomic mass is 9.91. The van der Waals surface area contributed by atoms with Crippen LogP contribution in [0, 0.1) is 0 Å². The number of nitrogens with zero attached hydrogens (tertiary/aromatic N) is 1. The Hall–Kier alpha value is -1.29. The van der Waals surface area contributed by atoms with E-state index in [0.29, 0.717) is 5.69 Å². The first-order chi connectivity index (χ1) is 11.2. The van der Waals surface area contributed by atoms with Gasteiger partial charge in [-0.1, -0.05) is 19.0 Å². The molecule has 146 valence electrons. The monoisotopic (exact) mass is 386 g/mol. The van der Waals surface area contributed by atoms with Crippen LogP contribution in [0.1, 0.15) is 46.2 Å². The Balaban J connectivity index is 2.68. The highest BCUT2D eigenvalue weighted by Crippen LogP contribution is 2.27. The SMILES string of the molecule is CC(C)(CO)c1cc(NCC(C)(C)S(=O)(=O)CCCC(F)(F)F)on1. The molecule has 0 saturated carbocycles. The number of rotatable bonds is 9. The molecule has 0 fully saturated rings. The molecule has 1 heterocycles. The molecule has 0 saturated heterocycles. The van der Waals surface area contributed by atoms with Crippen LogP contribution in [0.4, 0.5) is 19.1 Å². The smallest absolute Gasteiger partial charge is 0.389 e. The van der Waals surface area contributed by atoms with Crippen LogP contribution in [-0.2, 0) is 15.3 Å². The largest absolute Gasteiger partial charge is 0.395 e. The Morgan fingerprint density at radius 1 is 1.24 bits per heavy atom. The van der Waals surface area contributed by atoms with Gasteiger partial charge in [0.15, 0.2) is 9.84 Å². The summed E-state index contributed by atoms with van der Waals surface area (Å²) in [4.78, 5) is 0. The normalized spacial score (nSPS) is 13.9. The summed E-state index contributed by atoms with van der Waals surface area (Å²) in [6.07, 6.45) is -5.96. The van der Waals surface area contributed by atoms with Gasteiger partial charge < -0.3 is 14.9 Å². The van der Waals surface area contributed by atoms with Crippen LogP contribution in [-0.4, -0.2) is 48.5 Å². The number of sulfone groups is 1. The molecule has 6 nitrogen and oxygen atoms in total. The zero-order valence-electron chi connectivity index (χ0n) is 14.8. The van der Waals surface area contributed by atoms with E-state index >= 15 is 0 Å². The maximum atomic E-state index is 12.3. The average Bonchev–Trinajstić information content (AvgIpc) is 2.93. The van der Waals surface area contributed by atoms with Gasteiger partial charge in [0, 0.05) is 24.4 Å². The summed E-state index contributed by atoms with van der Waals surface area (Å²) in [6.45, 7) is 6.23. The van der Waals surface area contributed by atoms with Crippen molar-refractivity contribution in [3.63, 3.8) is 0 Å². The highest BCUT2D eigenvalue weighted by molar-refractivity contribution is 7.92. The molecule has 1 aromatic heterocycles. The second-order valence-corrected chi connectivity index (χ2v) is 10.0. The third kappa shape index (κ3) is 6.18. The third-order valence-electron chi connectivity index (χ3n) is 4.00. The molecule has 0 spiro atoms. The van der Waals surface area contributed by atoms with E-state index in [4.69, 9.17) is 4.52 Å². The van der Waals surface area contributed by atoms with E-state index in [-0.39, 0.29) is 19.0 Å². The van der Waals surface area contributed by atoms with E-state index in [2.05, 4.69) is 10.5 Å². The predicted molar refractivity (Wildman–Crippen MR) is 88.3 cm³/mol. The van der Waals surface area contributed by atoms with Gasteiger partial charge in [0.1, 0.15) is 0 Å². The molecule has 25 heavy (non-hydrogen) atoms. The fourth-order valence-corrected chi connectivity index (χ4v) is 3.28. The average molecular weight is 386 g/mol. The lowest BCUT2D eigenvalue weighted by Crippen LogP contribution is -2.40. The Morgan fingerprint density at radius 3 is 2.36 bits per heavy atom. The fourth-order valence-electron chi connectivity index (χ4n) is 1.91. The topological polar surface area (TPSA) is 92.4 Å². The minimum absolute atomic E-state index is 0.0461. The first kappa shape index (κ1) is 21.8. The lowest BCUT2D eigenvalue weighted by Gasteiger charge is -2.25. The molecule has 0 radical (unpaired) electrons. The molecule has 0 aliphatic carbocycles. The number of hydrogen-bond donors (Lipinski definition) is 2. The standard InChI is InChI=1S/C15H25F3N2O4S/c1-13(2,10-21)11-8-12(24-20-11)19-9-14(3,4)25(22,23)7-5-6-15(16,17)18/h8,19,21H,5-7,9-10H2,1-4H3. The van der Waals surface area contributed by atoms with Crippen LogP contribution in [0.2, 0.25) is 0 Å². The van der Waals surface area contributed by atoms with Gasteiger partial charge >= 0.3 is 6.18 Å². The minimum atomic E-state index is -4.37. The minimum Gasteiger partial charge on any atom is -0.395 e. The summed E-state index contributed by atoms with van der Waals surface area (Å²) >= 11 is 0. The van der Waals surface area contributed by atoms with Crippen LogP contribution in [0.5, 0.6) is 0 Å². The Labute approximate surface area is 145 Å². The number of aliphatic hydroxyl groups excluding tert-OH is 1. The number of aliphatic hydroxyl groups is 1. The molecule has 0 atom stereocenters. The Morgan fingerprint density at radius 2 is 1.84 bits per heavy atom. The van der Waals surface area contributed by atoms with Crippen molar-refractivity contribution >= 4 is 15.7 Å². The van der Waals surface area contributed by atoms with Crippen molar-refractivity contribution < 1.29 is 31.2 Å². The predicted octanol–water partition coefficient (Wildman–Crippen LogP) is 2.89. The van der Waals surface area contributed by atoms with Gasteiger partial charge in [-0.15, -0.1) is 0 Å². The van der Waals surface area contributed by atoms with Crippen molar-refractivity contribution in [2.24, 2.45) is 0 Å². The van der Waals surface area contributed by atoms with E-state index in [1.807, 2.05) is 0 Å². The van der Waals surface area contributed by atoms with Gasteiger partial charge in [0.2, 0.25) is 5.88 Å². The molecular weight excluding hydrogens is 361 g/mol. The molecule has 10 heteroatoms. The van der Waals surface area contributed by atoms with E-state index in [1.165, 1.54) is 13.8 Å². The molecule has 2 N–H and O–H groups in total. The molecule has 0 unspecified atom stereocenters. The quantitative estimate of drug-likeness (QED) is 0.678. The van der Waals surface area contributed by atoms with E-state index < -0.39 is 44.8 Å². The van der Waals surface area contributed by atoms with Crippen LogP contribution in [0.15, 0.2) is 10.6 Å². The van der Waals surface area contributed by atoms with Crippen molar-refractivity contribution in [2.45, 2.75) is 56.9 Å². The fraction of sp³-hybridized carbons (Fsp3) is 0.800. The zero-order valence-corrected chi connectivity index (χ0v) is 15.6. The molecule has 0 bridgehead atoms. The van der Waals surface area contributed by atoms with Crippen LogP contribution in [0.3, 0.4) is 0 Å². The van der Waals surface area contributed by atoms with Crippen molar-refractivity contribution in [3.05, 3.63) is 11.8 Å². The van der Waals surface area contributed by atoms with E-state index in [9.17, 15) is 26.7 Å². The second kappa shape index (κ2) is 7.53. The van der Waals surface area contributed by atoms with Crippen molar-refractivity contribution in [3.8, 4) is 0 Å².